The lowest BCUT2D eigenvalue weighted by atomic mass is 9.73. The Morgan fingerprint density at radius 2 is 0.468 bits per heavy atom. The first kappa shape index (κ1) is 35.9. The van der Waals surface area contributed by atoms with Gasteiger partial charge >= 0.3 is 0 Å². The highest BCUT2D eigenvalue weighted by Crippen LogP contribution is 2.37. The van der Waals surface area contributed by atoms with Crippen LogP contribution in [0.5, 0.6) is 0 Å². The first-order chi connectivity index (χ1) is 21.8. The van der Waals surface area contributed by atoms with Crippen LogP contribution in [0, 0.1) is 0 Å². The fraction of sp³-hybridized carbons (Fsp3) is 0.362. The summed E-state index contributed by atoms with van der Waals surface area (Å²) in [6.07, 6.45) is 0. The Morgan fingerprint density at radius 1 is 0.234 bits per heavy atom. The van der Waals surface area contributed by atoms with Crippen LogP contribution in [0.15, 0.2) is 133 Å². The zero-order valence-electron chi connectivity index (χ0n) is 31.2. The van der Waals surface area contributed by atoms with E-state index in [2.05, 4.69) is 217 Å². The van der Waals surface area contributed by atoms with Crippen LogP contribution in [0.1, 0.15) is 128 Å². The molecule has 0 bridgehead atoms. The van der Waals surface area contributed by atoms with E-state index in [4.69, 9.17) is 0 Å². The standard InChI is InChI=1S/C24H26.C23H32/c1-23(2,19-12-7-5-8-13-19)21-16-11-17-22(18-21)24(3,4)20-14-9-6-10-15-20;1-21(2,3)17-9-13-19(14-10-17)23(7,8)20-15-11-18(12-16-20)22(4,5)6/h5-18H,1-4H3;9-16H,1-8H3. The van der Waals surface area contributed by atoms with Gasteiger partial charge in [0, 0.05) is 16.2 Å². The Hall–Kier alpha value is -3.90. The molecule has 0 aliphatic heterocycles. The summed E-state index contributed by atoms with van der Waals surface area (Å²) < 4.78 is 0. The summed E-state index contributed by atoms with van der Waals surface area (Å²) in [5.41, 5.74) is 11.3. The molecule has 0 radical (unpaired) electrons. The van der Waals surface area contributed by atoms with Gasteiger partial charge in [-0.15, -0.1) is 0 Å². The summed E-state index contributed by atoms with van der Waals surface area (Å²) in [7, 11) is 0. The Balaban J connectivity index is 0.000000213. The average molecular weight is 623 g/mol. The Labute approximate surface area is 287 Å². The second-order valence-corrected chi connectivity index (χ2v) is 16.8. The minimum Gasteiger partial charge on any atom is -0.0622 e. The molecular formula is C47H58. The molecule has 0 saturated heterocycles. The molecule has 0 heteroatoms. The molecule has 0 aliphatic carbocycles. The summed E-state index contributed by atoms with van der Waals surface area (Å²) in [5.74, 6) is 0. The molecule has 47 heavy (non-hydrogen) atoms. The average Bonchev–Trinajstić information content (AvgIpc) is 3.05. The molecule has 0 unspecified atom stereocenters. The van der Waals surface area contributed by atoms with Gasteiger partial charge in [0.05, 0.1) is 0 Å². The van der Waals surface area contributed by atoms with Crippen molar-refractivity contribution in [1.29, 1.82) is 0 Å². The van der Waals surface area contributed by atoms with E-state index in [1.807, 2.05) is 0 Å². The van der Waals surface area contributed by atoms with Crippen molar-refractivity contribution in [2.24, 2.45) is 0 Å². The maximum absolute atomic E-state index is 2.38. The number of rotatable bonds is 6. The van der Waals surface area contributed by atoms with Crippen LogP contribution in [0.4, 0.5) is 0 Å². The Bertz CT molecular complexity index is 1580. The molecule has 0 saturated carbocycles. The number of hydrogen-bond acceptors (Lipinski definition) is 0. The molecule has 5 aromatic rings. The second-order valence-electron chi connectivity index (χ2n) is 16.8. The Kier molecular flexibility index (Phi) is 10.5. The summed E-state index contributed by atoms with van der Waals surface area (Å²) in [6, 6.07) is 48.8. The highest BCUT2D eigenvalue weighted by molar-refractivity contribution is 5.45. The van der Waals surface area contributed by atoms with E-state index < -0.39 is 0 Å². The van der Waals surface area contributed by atoms with Gasteiger partial charge in [0.25, 0.3) is 0 Å². The third-order valence-electron chi connectivity index (χ3n) is 10.2. The van der Waals surface area contributed by atoms with Crippen molar-refractivity contribution in [2.75, 3.05) is 0 Å². The monoisotopic (exact) mass is 622 g/mol. The minimum atomic E-state index is -0.00988. The van der Waals surface area contributed by atoms with E-state index in [1.165, 1.54) is 44.5 Å². The first-order valence-corrected chi connectivity index (χ1v) is 17.3. The predicted molar refractivity (Wildman–Crippen MR) is 206 cm³/mol. The zero-order chi connectivity index (χ0) is 34.7. The summed E-state index contributed by atoms with van der Waals surface area (Å²) in [4.78, 5) is 0. The van der Waals surface area contributed by atoms with E-state index in [0.717, 1.165) is 0 Å². The van der Waals surface area contributed by atoms with Crippen molar-refractivity contribution >= 4 is 0 Å². The largest absolute Gasteiger partial charge is 0.0622 e. The molecule has 5 rings (SSSR count). The number of benzene rings is 5. The van der Waals surface area contributed by atoms with Crippen molar-refractivity contribution in [2.45, 2.75) is 110 Å². The highest BCUT2D eigenvalue weighted by Gasteiger charge is 2.28. The van der Waals surface area contributed by atoms with Gasteiger partial charge in [0.15, 0.2) is 0 Å². The van der Waals surface area contributed by atoms with Crippen molar-refractivity contribution in [1.82, 2.24) is 0 Å². The van der Waals surface area contributed by atoms with Gasteiger partial charge in [-0.3, -0.25) is 0 Å². The van der Waals surface area contributed by atoms with E-state index >= 15 is 0 Å². The molecule has 0 atom stereocenters. The highest BCUT2D eigenvalue weighted by atomic mass is 14.3. The van der Waals surface area contributed by atoms with Crippen LogP contribution in [-0.4, -0.2) is 0 Å². The van der Waals surface area contributed by atoms with Gasteiger partial charge in [-0.2, -0.15) is 0 Å². The van der Waals surface area contributed by atoms with E-state index in [-0.39, 0.29) is 27.1 Å². The first-order valence-electron chi connectivity index (χ1n) is 17.3. The van der Waals surface area contributed by atoms with Gasteiger partial charge in [-0.25, -0.2) is 0 Å². The van der Waals surface area contributed by atoms with Crippen molar-refractivity contribution in [3.05, 3.63) is 178 Å². The number of hydrogen-bond donors (Lipinski definition) is 0. The smallest absolute Gasteiger partial charge is 0.0146 e. The topological polar surface area (TPSA) is 0 Å². The SMILES string of the molecule is CC(C)(C)c1ccc(C(C)(C)c2ccc(C(C)(C)C)cc2)cc1.CC(C)(c1ccccc1)c1cccc(C(C)(C)c2ccccc2)c1. The second kappa shape index (κ2) is 13.7. The van der Waals surface area contributed by atoms with Crippen LogP contribution in [0.3, 0.4) is 0 Å². The van der Waals surface area contributed by atoms with Crippen LogP contribution in [0.2, 0.25) is 0 Å². The molecule has 0 aromatic heterocycles. The maximum atomic E-state index is 2.38. The van der Waals surface area contributed by atoms with Crippen LogP contribution >= 0.6 is 0 Å². The van der Waals surface area contributed by atoms with Crippen molar-refractivity contribution in [3.63, 3.8) is 0 Å². The van der Waals surface area contributed by atoms with Crippen molar-refractivity contribution in [3.8, 4) is 0 Å². The molecule has 0 amide bonds. The minimum absolute atomic E-state index is 0.00988. The maximum Gasteiger partial charge on any atom is 0.0146 e. The molecule has 0 nitrogen and oxygen atoms in total. The van der Waals surface area contributed by atoms with Gasteiger partial charge in [0.2, 0.25) is 0 Å². The molecule has 0 heterocycles. The lowest BCUT2D eigenvalue weighted by Gasteiger charge is -2.30. The summed E-state index contributed by atoms with van der Waals surface area (Å²) in [6.45, 7) is 27.4. The van der Waals surface area contributed by atoms with Gasteiger partial charge in [0.1, 0.15) is 0 Å². The Morgan fingerprint density at radius 3 is 0.766 bits per heavy atom. The summed E-state index contributed by atoms with van der Waals surface area (Å²) >= 11 is 0. The lowest BCUT2D eigenvalue weighted by molar-refractivity contribution is 0.584. The predicted octanol–water partition coefficient (Wildman–Crippen LogP) is 12.9. The van der Waals surface area contributed by atoms with Gasteiger partial charge < -0.3 is 0 Å². The molecule has 0 spiro atoms. The molecule has 246 valence electrons. The summed E-state index contributed by atoms with van der Waals surface area (Å²) in [5, 5.41) is 0. The lowest BCUT2D eigenvalue weighted by Crippen LogP contribution is -2.22. The van der Waals surface area contributed by atoms with E-state index in [9.17, 15) is 0 Å². The van der Waals surface area contributed by atoms with Gasteiger partial charge in [-0.1, -0.05) is 217 Å². The molecular weight excluding hydrogens is 565 g/mol. The van der Waals surface area contributed by atoms with Gasteiger partial charge in [-0.05, 0) is 55.3 Å². The zero-order valence-corrected chi connectivity index (χ0v) is 31.2. The molecule has 5 aromatic carbocycles. The fourth-order valence-electron chi connectivity index (χ4n) is 6.28. The van der Waals surface area contributed by atoms with E-state index in [1.54, 1.807) is 0 Å². The molecule has 0 N–H and O–H groups in total. The van der Waals surface area contributed by atoms with E-state index in [0.29, 0.717) is 0 Å². The third-order valence-corrected chi connectivity index (χ3v) is 10.2. The fourth-order valence-corrected chi connectivity index (χ4v) is 6.28. The van der Waals surface area contributed by atoms with Crippen LogP contribution in [-0.2, 0) is 27.1 Å². The third kappa shape index (κ3) is 8.34. The van der Waals surface area contributed by atoms with Crippen molar-refractivity contribution < 1.29 is 0 Å². The normalized spacial score (nSPS) is 12.7. The molecule has 0 fully saturated rings. The van der Waals surface area contributed by atoms with Crippen LogP contribution < -0.4 is 0 Å². The van der Waals surface area contributed by atoms with Crippen LogP contribution in [0.25, 0.3) is 0 Å². The quantitative estimate of drug-likeness (QED) is 0.177. The molecule has 0 aliphatic rings.